The minimum atomic E-state index is -0.140. The zero-order valence-corrected chi connectivity index (χ0v) is 20.3. The van der Waals surface area contributed by atoms with Crippen molar-refractivity contribution in [3.05, 3.63) is 57.7 Å². The van der Waals surface area contributed by atoms with E-state index in [-0.39, 0.29) is 30.1 Å². The number of ether oxygens (including phenoxy) is 1. The van der Waals surface area contributed by atoms with Crippen LogP contribution in [-0.4, -0.2) is 40.3 Å². The molecule has 0 radical (unpaired) electrons. The molecule has 0 spiro atoms. The van der Waals surface area contributed by atoms with E-state index >= 15 is 0 Å². The Morgan fingerprint density at radius 1 is 1.26 bits per heavy atom. The van der Waals surface area contributed by atoms with Crippen LogP contribution in [0.5, 0.6) is 5.88 Å². The largest absolute Gasteiger partial charge is 0.481 e. The number of nitrogens with zero attached hydrogens (tertiary/aromatic N) is 3. The highest BCUT2D eigenvalue weighted by Crippen LogP contribution is 2.35. The molecule has 0 bridgehead atoms. The fraction of sp³-hybridized carbons (Fsp3) is 0.360. The summed E-state index contributed by atoms with van der Waals surface area (Å²) in [6.07, 6.45) is 4.84. The van der Waals surface area contributed by atoms with E-state index in [9.17, 15) is 9.59 Å². The lowest BCUT2D eigenvalue weighted by atomic mass is 9.90. The second-order valence-corrected chi connectivity index (χ2v) is 9.21. The second-order valence-electron chi connectivity index (χ2n) is 8.80. The van der Waals surface area contributed by atoms with E-state index < -0.39 is 0 Å². The van der Waals surface area contributed by atoms with Crippen molar-refractivity contribution in [1.82, 2.24) is 20.0 Å². The number of anilines is 1. The van der Waals surface area contributed by atoms with E-state index in [1.54, 1.807) is 38.4 Å². The van der Waals surface area contributed by atoms with Crippen molar-refractivity contribution >= 4 is 45.0 Å². The second kappa shape index (κ2) is 9.58. The number of halogens is 1. The van der Waals surface area contributed by atoms with Gasteiger partial charge < -0.3 is 24.5 Å². The van der Waals surface area contributed by atoms with Crippen LogP contribution in [0.1, 0.15) is 37.5 Å². The maximum absolute atomic E-state index is 13.6. The minimum absolute atomic E-state index is 0.0440. The lowest BCUT2D eigenvalue weighted by molar-refractivity contribution is -0.120. The number of aryl methyl sites for hydroxylation is 1. The molecule has 1 amide bonds. The number of amides is 1. The van der Waals surface area contributed by atoms with Crippen LogP contribution < -0.4 is 20.9 Å². The van der Waals surface area contributed by atoms with Gasteiger partial charge in [-0.1, -0.05) is 22.8 Å². The molecule has 3 aromatic heterocycles. The number of carbonyl (C=O) groups is 1. The lowest BCUT2D eigenvalue weighted by Gasteiger charge is -2.32. The van der Waals surface area contributed by atoms with Crippen LogP contribution in [0.3, 0.4) is 0 Å². The summed E-state index contributed by atoms with van der Waals surface area (Å²) >= 11 is 6.54. The van der Waals surface area contributed by atoms with Crippen molar-refractivity contribution in [2.24, 2.45) is 0 Å². The van der Waals surface area contributed by atoms with Gasteiger partial charge in [0.15, 0.2) is 0 Å². The molecule has 2 atom stereocenters. The number of pyridine rings is 2. The number of hydrogen-bond donors (Lipinski definition) is 2. The summed E-state index contributed by atoms with van der Waals surface area (Å²) in [4.78, 5) is 30.3. The van der Waals surface area contributed by atoms with Crippen LogP contribution in [0, 0.1) is 6.92 Å². The standard InChI is InChI=1S/C25H26ClN5O4/c1-14-22-24(30-35-14)23-18(26)7-4-8-19(23)31(25(22)33)17-6-3-5-15(11-17)29-20(32)13-27-16-9-10-21(34-2)28-12-16/h4,7-10,12,15,17,27H,3,5-6,11,13H2,1-2H3,(H,29,32). The van der Waals surface area contributed by atoms with Gasteiger partial charge in [-0.15, -0.1) is 0 Å². The Bertz CT molecular complexity index is 1450. The molecule has 3 heterocycles. The third-order valence-electron chi connectivity index (χ3n) is 6.56. The molecule has 4 aromatic rings. The molecular formula is C25H26ClN5O4. The first-order valence-electron chi connectivity index (χ1n) is 11.6. The molecule has 182 valence electrons. The summed E-state index contributed by atoms with van der Waals surface area (Å²) in [5.41, 5.74) is 1.81. The van der Waals surface area contributed by atoms with Crippen LogP contribution in [-0.2, 0) is 4.79 Å². The smallest absolute Gasteiger partial charge is 0.264 e. The van der Waals surface area contributed by atoms with Gasteiger partial charge in [-0.2, -0.15) is 0 Å². The Balaban J connectivity index is 1.36. The van der Waals surface area contributed by atoms with Crippen LogP contribution in [0.25, 0.3) is 21.8 Å². The van der Waals surface area contributed by atoms with Crippen molar-refractivity contribution in [2.75, 3.05) is 19.0 Å². The molecule has 35 heavy (non-hydrogen) atoms. The van der Waals surface area contributed by atoms with Gasteiger partial charge in [-0.3, -0.25) is 9.59 Å². The molecule has 2 N–H and O–H groups in total. The highest BCUT2D eigenvalue weighted by molar-refractivity contribution is 6.37. The van der Waals surface area contributed by atoms with Crippen molar-refractivity contribution in [2.45, 2.75) is 44.7 Å². The zero-order chi connectivity index (χ0) is 24.5. The monoisotopic (exact) mass is 495 g/mol. The van der Waals surface area contributed by atoms with Gasteiger partial charge in [-0.25, -0.2) is 4.98 Å². The highest BCUT2D eigenvalue weighted by Gasteiger charge is 2.28. The molecule has 2 unspecified atom stereocenters. The first-order valence-corrected chi connectivity index (χ1v) is 12.0. The van der Waals surface area contributed by atoms with Crippen LogP contribution in [0.4, 0.5) is 5.69 Å². The fourth-order valence-corrected chi connectivity index (χ4v) is 5.19. The maximum atomic E-state index is 13.6. The normalized spacial score (nSPS) is 18.0. The Kier molecular flexibility index (Phi) is 6.34. The van der Waals surface area contributed by atoms with Gasteiger partial charge in [0.05, 0.1) is 36.1 Å². The Morgan fingerprint density at radius 3 is 2.89 bits per heavy atom. The highest BCUT2D eigenvalue weighted by atomic mass is 35.5. The summed E-state index contributed by atoms with van der Waals surface area (Å²) in [5, 5.41) is 12.0. The van der Waals surface area contributed by atoms with Gasteiger partial charge in [-0.05, 0) is 50.8 Å². The maximum Gasteiger partial charge on any atom is 0.264 e. The number of hydrogen-bond acceptors (Lipinski definition) is 7. The van der Waals surface area contributed by atoms with E-state index in [0.717, 1.165) is 30.5 Å². The van der Waals surface area contributed by atoms with E-state index in [4.69, 9.17) is 20.9 Å². The zero-order valence-electron chi connectivity index (χ0n) is 19.5. The molecule has 1 aliphatic rings. The van der Waals surface area contributed by atoms with E-state index in [1.807, 2.05) is 16.7 Å². The SMILES string of the molecule is COc1ccc(NCC(=O)NC2CCCC(n3c(=O)c4c(C)onc4c4c(Cl)cccc43)C2)cn1. The fourth-order valence-electron chi connectivity index (χ4n) is 4.93. The van der Waals surface area contributed by atoms with E-state index in [2.05, 4.69) is 20.8 Å². The first-order chi connectivity index (χ1) is 17.0. The van der Waals surface area contributed by atoms with Crippen molar-refractivity contribution < 1.29 is 14.1 Å². The molecule has 1 fully saturated rings. The first kappa shape index (κ1) is 23.2. The third kappa shape index (κ3) is 4.43. The van der Waals surface area contributed by atoms with E-state index in [0.29, 0.717) is 39.4 Å². The topological polar surface area (TPSA) is 111 Å². The predicted molar refractivity (Wildman–Crippen MR) is 134 cm³/mol. The number of benzene rings is 1. The van der Waals surface area contributed by atoms with Gasteiger partial charge in [0.1, 0.15) is 16.7 Å². The van der Waals surface area contributed by atoms with Crippen molar-refractivity contribution in [3.8, 4) is 5.88 Å². The number of rotatable bonds is 6. The molecule has 1 aromatic carbocycles. The van der Waals surface area contributed by atoms with Crippen LogP contribution in [0.15, 0.2) is 45.8 Å². The molecular weight excluding hydrogens is 470 g/mol. The predicted octanol–water partition coefficient (Wildman–Crippen LogP) is 4.22. The number of carbonyl (C=O) groups excluding carboxylic acids is 1. The summed E-state index contributed by atoms with van der Waals surface area (Å²) in [5.74, 6) is 0.870. The molecule has 10 heteroatoms. The van der Waals surface area contributed by atoms with Gasteiger partial charge in [0, 0.05) is 23.5 Å². The Labute approximate surface area is 206 Å². The molecule has 9 nitrogen and oxygen atoms in total. The molecule has 1 aliphatic carbocycles. The number of aromatic nitrogens is 3. The van der Waals surface area contributed by atoms with Crippen LogP contribution >= 0.6 is 11.6 Å². The third-order valence-corrected chi connectivity index (χ3v) is 6.87. The molecule has 0 aliphatic heterocycles. The quantitative estimate of drug-likeness (QED) is 0.412. The molecule has 0 saturated heterocycles. The number of nitrogens with one attached hydrogen (secondary N) is 2. The van der Waals surface area contributed by atoms with Crippen LogP contribution in [0.2, 0.25) is 5.02 Å². The number of methoxy groups -OCH3 is 1. The van der Waals surface area contributed by atoms with Gasteiger partial charge >= 0.3 is 0 Å². The summed E-state index contributed by atoms with van der Waals surface area (Å²) < 4.78 is 12.2. The van der Waals surface area contributed by atoms with Gasteiger partial charge in [0.25, 0.3) is 5.56 Å². The minimum Gasteiger partial charge on any atom is -0.481 e. The lowest BCUT2D eigenvalue weighted by Crippen LogP contribution is -2.42. The summed E-state index contributed by atoms with van der Waals surface area (Å²) in [6.45, 7) is 1.86. The molecule has 1 saturated carbocycles. The van der Waals surface area contributed by atoms with Crippen molar-refractivity contribution in [3.63, 3.8) is 0 Å². The number of fused-ring (bicyclic) bond motifs is 3. The summed E-state index contributed by atoms with van der Waals surface area (Å²) in [7, 11) is 1.55. The van der Waals surface area contributed by atoms with E-state index in [1.165, 1.54) is 0 Å². The average Bonchev–Trinajstić information content (AvgIpc) is 3.25. The summed E-state index contributed by atoms with van der Waals surface area (Å²) in [6, 6.07) is 8.92. The Morgan fingerprint density at radius 2 is 2.11 bits per heavy atom. The average molecular weight is 496 g/mol. The molecule has 5 rings (SSSR count). The van der Waals surface area contributed by atoms with Gasteiger partial charge in [0.2, 0.25) is 11.8 Å². The van der Waals surface area contributed by atoms with Crippen molar-refractivity contribution in [1.29, 1.82) is 0 Å². The Hall–Kier alpha value is -3.59.